The standard InChI is InChI=1S/C16H14Br2O3/c1-19-11-3-4-12(13(17)9-11)16(18)10-2-5-14-15(8-10)21-7-6-20-14/h2-5,8-9,16H,6-7H2,1H3. The van der Waals surface area contributed by atoms with Crippen LogP contribution in [0, 0.1) is 0 Å². The maximum absolute atomic E-state index is 5.64. The van der Waals surface area contributed by atoms with Gasteiger partial charge in [0.2, 0.25) is 0 Å². The van der Waals surface area contributed by atoms with Crippen molar-refractivity contribution in [2.45, 2.75) is 4.83 Å². The Morgan fingerprint density at radius 3 is 2.52 bits per heavy atom. The average Bonchev–Trinajstić information content (AvgIpc) is 2.53. The third kappa shape index (κ3) is 3.04. The molecule has 3 nitrogen and oxygen atoms in total. The second kappa shape index (κ2) is 6.28. The van der Waals surface area contributed by atoms with Gasteiger partial charge in [0.15, 0.2) is 11.5 Å². The molecule has 1 aliphatic heterocycles. The summed E-state index contributed by atoms with van der Waals surface area (Å²) < 4.78 is 17.4. The monoisotopic (exact) mass is 412 g/mol. The molecule has 0 saturated heterocycles. The smallest absolute Gasteiger partial charge is 0.161 e. The number of fused-ring (bicyclic) bond motifs is 1. The molecular weight excluding hydrogens is 400 g/mol. The number of methoxy groups -OCH3 is 1. The Labute approximate surface area is 140 Å². The van der Waals surface area contributed by atoms with Crippen molar-refractivity contribution < 1.29 is 14.2 Å². The van der Waals surface area contributed by atoms with Gasteiger partial charge in [0.05, 0.1) is 11.9 Å². The Kier molecular flexibility index (Phi) is 4.40. The van der Waals surface area contributed by atoms with Gasteiger partial charge in [-0.3, -0.25) is 0 Å². The van der Waals surface area contributed by atoms with Crippen LogP contribution in [0.1, 0.15) is 16.0 Å². The Bertz CT molecular complexity index is 658. The molecule has 1 heterocycles. The normalized spacial score (nSPS) is 14.6. The van der Waals surface area contributed by atoms with Gasteiger partial charge in [-0.05, 0) is 35.4 Å². The summed E-state index contributed by atoms with van der Waals surface area (Å²) >= 11 is 7.35. The molecule has 1 aliphatic rings. The molecule has 0 bridgehead atoms. The highest BCUT2D eigenvalue weighted by molar-refractivity contribution is 9.11. The van der Waals surface area contributed by atoms with Crippen molar-refractivity contribution >= 4 is 31.9 Å². The Morgan fingerprint density at radius 1 is 1.05 bits per heavy atom. The van der Waals surface area contributed by atoms with Crippen LogP contribution in [0.5, 0.6) is 17.2 Å². The maximum atomic E-state index is 5.64. The summed E-state index contributed by atoms with van der Waals surface area (Å²) in [5.74, 6) is 2.43. The zero-order valence-electron chi connectivity index (χ0n) is 11.4. The maximum Gasteiger partial charge on any atom is 0.161 e. The van der Waals surface area contributed by atoms with Crippen LogP contribution in [0.25, 0.3) is 0 Å². The Balaban J connectivity index is 1.93. The van der Waals surface area contributed by atoms with Gasteiger partial charge in [0.1, 0.15) is 19.0 Å². The third-order valence-corrected chi connectivity index (χ3v) is 5.05. The van der Waals surface area contributed by atoms with Gasteiger partial charge >= 0.3 is 0 Å². The summed E-state index contributed by atoms with van der Waals surface area (Å²) in [6.45, 7) is 1.20. The molecule has 5 heteroatoms. The number of ether oxygens (including phenoxy) is 3. The van der Waals surface area contributed by atoms with Crippen molar-refractivity contribution in [3.63, 3.8) is 0 Å². The van der Waals surface area contributed by atoms with Gasteiger partial charge in [-0.25, -0.2) is 0 Å². The molecular formula is C16H14Br2O3. The molecule has 0 radical (unpaired) electrons. The summed E-state index contributed by atoms with van der Waals surface area (Å²) in [7, 11) is 1.66. The van der Waals surface area contributed by atoms with Crippen molar-refractivity contribution in [1.29, 1.82) is 0 Å². The van der Waals surface area contributed by atoms with E-state index in [0.717, 1.165) is 32.8 Å². The van der Waals surface area contributed by atoms with E-state index in [2.05, 4.69) is 31.9 Å². The van der Waals surface area contributed by atoms with E-state index in [-0.39, 0.29) is 4.83 Å². The number of benzene rings is 2. The SMILES string of the molecule is COc1ccc(C(Br)c2ccc3c(c2)OCCO3)c(Br)c1. The first kappa shape index (κ1) is 14.7. The minimum Gasteiger partial charge on any atom is -0.497 e. The molecule has 0 aromatic heterocycles. The molecule has 0 saturated carbocycles. The van der Waals surface area contributed by atoms with Crippen LogP contribution < -0.4 is 14.2 Å². The van der Waals surface area contributed by atoms with Crippen LogP contribution in [0.4, 0.5) is 0 Å². The van der Waals surface area contributed by atoms with Gasteiger partial charge in [0.25, 0.3) is 0 Å². The topological polar surface area (TPSA) is 27.7 Å². The van der Waals surface area contributed by atoms with Gasteiger partial charge in [0, 0.05) is 4.47 Å². The largest absolute Gasteiger partial charge is 0.497 e. The van der Waals surface area contributed by atoms with E-state index >= 15 is 0 Å². The molecule has 2 aromatic rings. The highest BCUT2D eigenvalue weighted by atomic mass is 79.9. The molecule has 0 amide bonds. The lowest BCUT2D eigenvalue weighted by atomic mass is 10.0. The number of hydrogen-bond donors (Lipinski definition) is 0. The van der Waals surface area contributed by atoms with Crippen molar-refractivity contribution in [2.24, 2.45) is 0 Å². The number of rotatable bonds is 3. The van der Waals surface area contributed by atoms with Crippen LogP contribution >= 0.6 is 31.9 Å². The van der Waals surface area contributed by atoms with Crippen molar-refractivity contribution in [3.05, 3.63) is 52.0 Å². The summed E-state index contributed by atoms with van der Waals surface area (Å²) in [5.41, 5.74) is 2.25. The molecule has 2 aromatic carbocycles. The van der Waals surface area contributed by atoms with Gasteiger partial charge in [-0.1, -0.05) is 44.0 Å². The first-order valence-corrected chi connectivity index (χ1v) is 8.27. The Hall–Kier alpha value is -1.20. The number of halogens is 2. The van der Waals surface area contributed by atoms with Gasteiger partial charge in [-0.15, -0.1) is 0 Å². The van der Waals surface area contributed by atoms with E-state index in [0.29, 0.717) is 13.2 Å². The highest BCUT2D eigenvalue weighted by Crippen LogP contribution is 2.40. The minimum atomic E-state index is 0.0635. The van der Waals surface area contributed by atoms with E-state index in [1.54, 1.807) is 7.11 Å². The van der Waals surface area contributed by atoms with Gasteiger partial charge < -0.3 is 14.2 Å². The summed E-state index contributed by atoms with van der Waals surface area (Å²) in [5, 5.41) is 0. The van der Waals surface area contributed by atoms with Crippen LogP contribution in [0.2, 0.25) is 0 Å². The van der Waals surface area contributed by atoms with E-state index in [4.69, 9.17) is 14.2 Å². The molecule has 21 heavy (non-hydrogen) atoms. The fourth-order valence-corrected chi connectivity index (χ4v) is 3.82. The second-order valence-electron chi connectivity index (χ2n) is 4.65. The van der Waals surface area contributed by atoms with E-state index in [1.807, 2.05) is 36.4 Å². The summed E-state index contributed by atoms with van der Waals surface area (Å²) in [6, 6.07) is 12.0. The summed E-state index contributed by atoms with van der Waals surface area (Å²) in [6.07, 6.45) is 0. The van der Waals surface area contributed by atoms with Crippen LogP contribution in [0.15, 0.2) is 40.9 Å². The summed E-state index contributed by atoms with van der Waals surface area (Å²) in [4.78, 5) is 0.0635. The number of alkyl halides is 1. The first-order valence-electron chi connectivity index (χ1n) is 6.56. The van der Waals surface area contributed by atoms with Gasteiger partial charge in [-0.2, -0.15) is 0 Å². The molecule has 110 valence electrons. The van der Waals surface area contributed by atoms with Crippen molar-refractivity contribution in [2.75, 3.05) is 20.3 Å². The fourth-order valence-electron chi connectivity index (χ4n) is 2.24. The highest BCUT2D eigenvalue weighted by Gasteiger charge is 2.18. The molecule has 0 spiro atoms. The minimum absolute atomic E-state index is 0.0635. The molecule has 1 unspecified atom stereocenters. The number of hydrogen-bond acceptors (Lipinski definition) is 3. The molecule has 3 rings (SSSR count). The van der Waals surface area contributed by atoms with E-state index < -0.39 is 0 Å². The van der Waals surface area contributed by atoms with Crippen LogP contribution in [0.3, 0.4) is 0 Å². The van der Waals surface area contributed by atoms with E-state index in [1.165, 1.54) is 0 Å². The first-order chi connectivity index (χ1) is 10.2. The lowest BCUT2D eigenvalue weighted by Crippen LogP contribution is -2.15. The molecule has 0 N–H and O–H groups in total. The molecule has 0 aliphatic carbocycles. The lowest BCUT2D eigenvalue weighted by Gasteiger charge is -2.20. The lowest BCUT2D eigenvalue weighted by molar-refractivity contribution is 0.171. The zero-order valence-corrected chi connectivity index (χ0v) is 14.6. The van der Waals surface area contributed by atoms with Crippen molar-refractivity contribution in [3.8, 4) is 17.2 Å². The average molecular weight is 414 g/mol. The van der Waals surface area contributed by atoms with Crippen molar-refractivity contribution in [1.82, 2.24) is 0 Å². The fraction of sp³-hybridized carbons (Fsp3) is 0.250. The quantitative estimate of drug-likeness (QED) is 0.681. The molecule has 1 atom stereocenters. The Morgan fingerprint density at radius 2 is 1.81 bits per heavy atom. The van der Waals surface area contributed by atoms with Crippen LogP contribution in [-0.2, 0) is 0 Å². The van der Waals surface area contributed by atoms with Crippen LogP contribution in [-0.4, -0.2) is 20.3 Å². The predicted molar refractivity (Wildman–Crippen MR) is 88.9 cm³/mol. The molecule has 0 fully saturated rings. The van der Waals surface area contributed by atoms with E-state index in [9.17, 15) is 0 Å². The second-order valence-corrected chi connectivity index (χ2v) is 6.42. The third-order valence-electron chi connectivity index (χ3n) is 3.34. The predicted octanol–water partition coefficient (Wildman–Crippen LogP) is 4.71. The zero-order chi connectivity index (χ0) is 14.8.